The Labute approximate surface area is 118 Å². The number of aromatic nitrogens is 3. The molecule has 0 aliphatic carbocycles. The van der Waals surface area contributed by atoms with Gasteiger partial charge in [-0.2, -0.15) is 0 Å². The number of aliphatic hydroxyl groups excluding tert-OH is 2. The molecule has 2 aromatic rings. The van der Waals surface area contributed by atoms with E-state index < -0.39 is 36.5 Å². The Balaban J connectivity index is 2.15. The van der Waals surface area contributed by atoms with E-state index in [1.54, 1.807) is 0 Å². The van der Waals surface area contributed by atoms with Crippen LogP contribution in [0.5, 0.6) is 0 Å². The van der Waals surface area contributed by atoms with Gasteiger partial charge >= 0.3 is 0 Å². The van der Waals surface area contributed by atoms with Crippen molar-refractivity contribution in [1.82, 2.24) is 14.5 Å². The predicted octanol–water partition coefficient (Wildman–Crippen LogP) is -0.846. The van der Waals surface area contributed by atoms with Crippen LogP contribution in [0.25, 0.3) is 11.0 Å². The number of nitrogen functional groups attached to an aromatic ring is 1. The van der Waals surface area contributed by atoms with Crippen LogP contribution in [0.1, 0.15) is 13.2 Å². The highest BCUT2D eigenvalue weighted by Gasteiger charge is 2.53. The fourth-order valence-electron chi connectivity index (χ4n) is 2.63. The van der Waals surface area contributed by atoms with Gasteiger partial charge in [0.2, 0.25) is 0 Å². The first-order valence-corrected chi connectivity index (χ1v) is 6.31. The van der Waals surface area contributed by atoms with E-state index in [0.29, 0.717) is 0 Å². The van der Waals surface area contributed by atoms with Crippen LogP contribution in [0.15, 0.2) is 12.5 Å². The van der Waals surface area contributed by atoms with Crippen LogP contribution in [0.2, 0.25) is 0 Å². The molecule has 0 spiro atoms. The van der Waals surface area contributed by atoms with E-state index >= 15 is 0 Å². The van der Waals surface area contributed by atoms with Crippen LogP contribution in [-0.4, -0.2) is 54.3 Å². The molecule has 1 aliphatic heterocycles. The second-order valence-corrected chi connectivity index (χ2v) is 5.22. The Bertz CT molecular complexity index is 689. The molecule has 21 heavy (non-hydrogen) atoms. The molecule has 114 valence electrons. The van der Waals surface area contributed by atoms with Gasteiger partial charge in [0.1, 0.15) is 30.0 Å². The second-order valence-electron chi connectivity index (χ2n) is 5.22. The summed E-state index contributed by atoms with van der Waals surface area (Å²) in [6, 6.07) is 0. The van der Waals surface area contributed by atoms with E-state index in [-0.39, 0.29) is 16.9 Å². The van der Waals surface area contributed by atoms with Gasteiger partial charge in [-0.1, -0.05) is 0 Å². The number of nitrogens with two attached hydrogens (primary N) is 1. The Morgan fingerprint density at radius 2 is 2.24 bits per heavy atom. The normalized spacial score (nSPS) is 32.9. The first kappa shape index (κ1) is 14.1. The molecular weight excluding hydrogens is 283 g/mol. The van der Waals surface area contributed by atoms with Crippen molar-refractivity contribution in [3.8, 4) is 0 Å². The van der Waals surface area contributed by atoms with Crippen molar-refractivity contribution in [2.75, 3.05) is 12.3 Å². The number of anilines is 1. The lowest BCUT2D eigenvalue weighted by Crippen LogP contribution is -2.44. The summed E-state index contributed by atoms with van der Waals surface area (Å²) in [6.07, 6.45) is -1.19. The Morgan fingerprint density at radius 1 is 1.52 bits per heavy atom. The number of ether oxygens (including phenoxy) is 1. The fraction of sp³-hybridized carbons (Fsp3) is 0.500. The van der Waals surface area contributed by atoms with Crippen LogP contribution in [0, 0.1) is 5.82 Å². The second kappa shape index (κ2) is 4.60. The zero-order valence-electron chi connectivity index (χ0n) is 11.1. The summed E-state index contributed by atoms with van der Waals surface area (Å²) in [5.74, 6) is -0.697. The highest BCUT2D eigenvalue weighted by Crippen LogP contribution is 2.40. The van der Waals surface area contributed by atoms with Crippen molar-refractivity contribution in [1.29, 1.82) is 0 Å². The molecule has 0 bridgehead atoms. The Kier molecular flexibility index (Phi) is 3.10. The molecule has 0 radical (unpaired) electrons. The highest BCUT2D eigenvalue weighted by atomic mass is 19.1. The number of hydrogen-bond acceptors (Lipinski definition) is 7. The number of aliphatic hydroxyl groups is 3. The summed E-state index contributed by atoms with van der Waals surface area (Å²) in [7, 11) is 0. The predicted molar refractivity (Wildman–Crippen MR) is 69.5 cm³/mol. The van der Waals surface area contributed by atoms with Crippen molar-refractivity contribution in [2.45, 2.75) is 31.0 Å². The summed E-state index contributed by atoms with van der Waals surface area (Å²) in [5.41, 5.74) is 4.02. The third kappa shape index (κ3) is 1.89. The van der Waals surface area contributed by atoms with E-state index in [4.69, 9.17) is 10.5 Å². The molecule has 3 rings (SSSR count). The lowest BCUT2D eigenvalue weighted by atomic mass is 9.96. The summed E-state index contributed by atoms with van der Waals surface area (Å²) >= 11 is 0. The average Bonchev–Trinajstić information content (AvgIpc) is 2.87. The minimum atomic E-state index is -1.73. The minimum absolute atomic E-state index is 0.0128. The van der Waals surface area contributed by atoms with Gasteiger partial charge in [-0.25, -0.2) is 14.4 Å². The molecule has 5 N–H and O–H groups in total. The van der Waals surface area contributed by atoms with E-state index in [2.05, 4.69) is 9.97 Å². The number of rotatable bonds is 2. The van der Waals surface area contributed by atoms with Crippen LogP contribution >= 0.6 is 0 Å². The zero-order chi connectivity index (χ0) is 15.4. The summed E-state index contributed by atoms with van der Waals surface area (Å²) in [6.45, 7) is 0.860. The standard InChI is InChI=1S/C12H15FN4O4/c1-12(20)8(19)6(3-18)21-11(12)17-2-5(13)7-9(14)15-4-16-10(7)17/h2,4,6,8,11,18-20H,3H2,1H3,(H2,14,15,16)/t6?,8-,11+,12?/m0/s1. The van der Waals surface area contributed by atoms with Crippen molar-refractivity contribution >= 4 is 16.9 Å². The van der Waals surface area contributed by atoms with E-state index in [1.807, 2.05) is 0 Å². The maximum atomic E-state index is 14.0. The SMILES string of the molecule is CC1(O)[C@@H](O)C(CO)O[C@H]1n1cc(F)c2c(N)ncnc21. The molecule has 4 atom stereocenters. The fourth-order valence-corrected chi connectivity index (χ4v) is 2.63. The molecule has 1 saturated heterocycles. The summed E-state index contributed by atoms with van der Waals surface area (Å²) < 4.78 is 20.7. The van der Waals surface area contributed by atoms with E-state index in [0.717, 1.165) is 12.5 Å². The maximum absolute atomic E-state index is 14.0. The van der Waals surface area contributed by atoms with Gasteiger partial charge in [-0.05, 0) is 6.92 Å². The number of halogens is 1. The van der Waals surface area contributed by atoms with E-state index in [1.165, 1.54) is 11.5 Å². The van der Waals surface area contributed by atoms with Crippen LogP contribution < -0.4 is 5.73 Å². The van der Waals surface area contributed by atoms with Crippen LogP contribution in [0.4, 0.5) is 10.2 Å². The lowest BCUT2D eigenvalue weighted by molar-refractivity contribution is -0.0949. The van der Waals surface area contributed by atoms with Gasteiger partial charge in [-0.15, -0.1) is 0 Å². The minimum Gasteiger partial charge on any atom is -0.394 e. The molecule has 8 nitrogen and oxygen atoms in total. The van der Waals surface area contributed by atoms with Crippen molar-refractivity contribution in [2.24, 2.45) is 0 Å². The molecule has 3 heterocycles. The van der Waals surface area contributed by atoms with Gasteiger partial charge in [0.15, 0.2) is 17.7 Å². The molecule has 1 aliphatic rings. The Morgan fingerprint density at radius 3 is 2.86 bits per heavy atom. The monoisotopic (exact) mass is 298 g/mol. The quantitative estimate of drug-likeness (QED) is 0.569. The third-order valence-corrected chi connectivity index (χ3v) is 3.78. The van der Waals surface area contributed by atoms with Crippen molar-refractivity contribution in [3.63, 3.8) is 0 Å². The summed E-state index contributed by atoms with van der Waals surface area (Å²) in [5, 5.41) is 29.6. The third-order valence-electron chi connectivity index (χ3n) is 3.78. The highest BCUT2D eigenvalue weighted by molar-refractivity contribution is 5.86. The maximum Gasteiger partial charge on any atom is 0.167 e. The zero-order valence-corrected chi connectivity index (χ0v) is 11.1. The average molecular weight is 298 g/mol. The van der Waals surface area contributed by atoms with Crippen LogP contribution in [0.3, 0.4) is 0 Å². The van der Waals surface area contributed by atoms with Crippen molar-refractivity contribution in [3.05, 3.63) is 18.3 Å². The molecule has 2 aromatic heterocycles. The van der Waals surface area contributed by atoms with Crippen molar-refractivity contribution < 1.29 is 24.4 Å². The van der Waals surface area contributed by atoms with Gasteiger partial charge in [0.25, 0.3) is 0 Å². The Hall–Kier alpha value is -1.81. The number of fused-ring (bicyclic) bond motifs is 1. The molecular formula is C12H15FN4O4. The summed E-state index contributed by atoms with van der Waals surface area (Å²) in [4.78, 5) is 7.66. The van der Waals surface area contributed by atoms with Gasteiger partial charge in [-0.3, -0.25) is 4.57 Å². The number of nitrogens with zero attached hydrogens (tertiary/aromatic N) is 3. The van der Waals surface area contributed by atoms with Crippen LogP contribution in [-0.2, 0) is 4.74 Å². The van der Waals surface area contributed by atoms with Gasteiger partial charge < -0.3 is 25.8 Å². The molecule has 0 saturated carbocycles. The first-order chi connectivity index (χ1) is 9.87. The smallest absolute Gasteiger partial charge is 0.167 e. The molecule has 0 amide bonds. The topological polar surface area (TPSA) is 127 Å². The molecule has 2 unspecified atom stereocenters. The molecule has 0 aromatic carbocycles. The molecule has 1 fully saturated rings. The number of hydrogen-bond donors (Lipinski definition) is 4. The lowest BCUT2D eigenvalue weighted by Gasteiger charge is -2.27. The molecule has 9 heteroatoms. The first-order valence-electron chi connectivity index (χ1n) is 6.31. The van der Waals surface area contributed by atoms with Gasteiger partial charge in [0, 0.05) is 6.20 Å². The van der Waals surface area contributed by atoms with E-state index in [9.17, 15) is 19.7 Å². The largest absolute Gasteiger partial charge is 0.394 e. The van der Waals surface area contributed by atoms with Gasteiger partial charge in [0.05, 0.1) is 12.0 Å².